The number of carbonyl (C=O) groups is 1. The van der Waals surface area contributed by atoms with E-state index in [9.17, 15) is 4.79 Å². The Kier molecular flexibility index (Phi) is 4.62. The lowest BCUT2D eigenvalue weighted by molar-refractivity contribution is -0.132. The summed E-state index contributed by atoms with van der Waals surface area (Å²) in [5.41, 5.74) is 0. The fourth-order valence-corrected chi connectivity index (χ4v) is 0.942. The Balaban J connectivity index is 4.41. The first-order chi connectivity index (χ1) is 6.04. The summed E-state index contributed by atoms with van der Waals surface area (Å²) in [6.45, 7) is 3.94. The lowest BCUT2D eigenvalue weighted by Gasteiger charge is -2.19. The molecule has 0 rings (SSSR count). The molecule has 0 saturated carbocycles. The maximum atomic E-state index is 11.5. The van der Waals surface area contributed by atoms with Crippen LogP contribution in [0.3, 0.4) is 0 Å². The third-order valence-corrected chi connectivity index (χ3v) is 1.78. The van der Waals surface area contributed by atoms with E-state index in [1.165, 1.54) is 4.90 Å². The maximum Gasteiger partial charge on any atom is 0.240 e. The van der Waals surface area contributed by atoms with Crippen LogP contribution in [0.1, 0.15) is 13.8 Å². The Bertz CT molecular complexity index is 257. The lowest BCUT2D eigenvalue weighted by Crippen LogP contribution is -2.34. The van der Waals surface area contributed by atoms with Gasteiger partial charge in [-0.05, 0) is 5.92 Å². The Morgan fingerprint density at radius 3 is 2.46 bits per heavy atom. The second kappa shape index (κ2) is 5.22. The molecule has 0 aliphatic carbocycles. The van der Waals surface area contributed by atoms with E-state index >= 15 is 0 Å². The average molecular weight is 178 g/mol. The minimum atomic E-state index is -0.585. The molecule has 0 aliphatic heterocycles. The van der Waals surface area contributed by atoms with E-state index in [-0.39, 0.29) is 18.4 Å². The van der Waals surface area contributed by atoms with Gasteiger partial charge in [-0.15, -0.1) is 6.42 Å². The van der Waals surface area contributed by atoms with Gasteiger partial charge in [-0.1, -0.05) is 19.8 Å². The van der Waals surface area contributed by atoms with E-state index in [1.807, 2.05) is 19.9 Å². The van der Waals surface area contributed by atoms with Crippen LogP contribution >= 0.6 is 0 Å². The number of hydrogen-bond donors (Lipinski definition) is 0. The number of nitrogens with zero attached hydrogens (tertiary/aromatic N) is 2. The molecule has 3 heteroatoms. The summed E-state index contributed by atoms with van der Waals surface area (Å²) in [7, 11) is 1.61. The quantitative estimate of drug-likeness (QED) is 0.602. The van der Waals surface area contributed by atoms with Crippen LogP contribution in [0.4, 0.5) is 0 Å². The Morgan fingerprint density at radius 1 is 1.62 bits per heavy atom. The largest absolute Gasteiger partial charge is 0.333 e. The van der Waals surface area contributed by atoms with E-state index in [0.29, 0.717) is 0 Å². The second-order valence-electron chi connectivity index (χ2n) is 3.25. The number of carbonyl (C=O) groups excluding carboxylic acids is 1. The van der Waals surface area contributed by atoms with E-state index in [4.69, 9.17) is 11.7 Å². The first-order valence-corrected chi connectivity index (χ1v) is 4.12. The molecule has 0 saturated heterocycles. The molecule has 0 N–H and O–H groups in total. The molecule has 0 spiro atoms. The molecule has 0 aromatic heterocycles. The molecule has 0 bridgehead atoms. The number of rotatable bonds is 3. The summed E-state index contributed by atoms with van der Waals surface area (Å²) in [5.74, 6) is 1.60. The third kappa shape index (κ3) is 3.17. The first-order valence-electron chi connectivity index (χ1n) is 4.12. The molecule has 0 aliphatic rings. The smallest absolute Gasteiger partial charge is 0.240 e. The molecule has 0 heterocycles. The van der Waals surface area contributed by atoms with Gasteiger partial charge in [-0.25, -0.2) is 0 Å². The van der Waals surface area contributed by atoms with Gasteiger partial charge >= 0.3 is 0 Å². The number of amides is 1. The van der Waals surface area contributed by atoms with Gasteiger partial charge in [0.2, 0.25) is 5.91 Å². The van der Waals surface area contributed by atoms with Crippen molar-refractivity contribution in [1.29, 1.82) is 5.26 Å². The van der Waals surface area contributed by atoms with Crippen LogP contribution in [0.5, 0.6) is 0 Å². The molecule has 3 nitrogen and oxygen atoms in total. The van der Waals surface area contributed by atoms with Gasteiger partial charge < -0.3 is 4.90 Å². The zero-order chi connectivity index (χ0) is 10.4. The summed E-state index contributed by atoms with van der Waals surface area (Å²) in [4.78, 5) is 12.9. The van der Waals surface area contributed by atoms with Crippen LogP contribution in [0.15, 0.2) is 0 Å². The van der Waals surface area contributed by atoms with Crippen molar-refractivity contribution in [3.63, 3.8) is 0 Å². The summed E-state index contributed by atoms with van der Waals surface area (Å²) in [6, 6.07) is 1.98. The van der Waals surface area contributed by atoms with Gasteiger partial charge in [0.05, 0.1) is 12.6 Å². The first kappa shape index (κ1) is 11.5. The molecule has 13 heavy (non-hydrogen) atoms. The van der Waals surface area contributed by atoms with Crippen LogP contribution in [0.2, 0.25) is 0 Å². The molecular weight excluding hydrogens is 164 g/mol. The minimum Gasteiger partial charge on any atom is -0.333 e. The maximum absolute atomic E-state index is 11.5. The number of nitriles is 1. The van der Waals surface area contributed by atoms with Gasteiger partial charge in [0.1, 0.15) is 5.92 Å². The fraction of sp³-hybridized carbons (Fsp3) is 0.600. The van der Waals surface area contributed by atoms with Crippen LogP contribution in [-0.4, -0.2) is 24.4 Å². The molecule has 1 amide bonds. The minimum absolute atomic E-state index is 0.0257. The zero-order valence-corrected chi connectivity index (χ0v) is 8.24. The van der Waals surface area contributed by atoms with Crippen molar-refractivity contribution in [3.05, 3.63) is 0 Å². The van der Waals surface area contributed by atoms with Gasteiger partial charge in [0, 0.05) is 7.05 Å². The predicted molar refractivity (Wildman–Crippen MR) is 50.4 cm³/mol. The number of terminal acetylenes is 1. The van der Waals surface area contributed by atoms with Crippen LogP contribution < -0.4 is 0 Å². The SMILES string of the molecule is C#CCN(C)C(=O)C(C#N)C(C)C. The van der Waals surface area contributed by atoms with Gasteiger partial charge in [-0.3, -0.25) is 4.79 Å². The fourth-order valence-electron chi connectivity index (χ4n) is 0.942. The van der Waals surface area contributed by atoms with Crippen molar-refractivity contribution < 1.29 is 4.79 Å². The standard InChI is InChI=1S/C10H14N2O/c1-5-6-12(4)10(13)9(7-11)8(2)3/h1,8-9H,6H2,2-4H3. The highest BCUT2D eigenvalue weighted by Crippen LogP contribution is 2.11. The van der Waals surface area contributed by atoms with E-state index in [2.05, 4.69) is 5.92 Å². The van der Waals surface area contributed by atoms with Crippen LogP contribution in [0, 0.1) is 35.5 Å². The van der Waals surface area contributed by atoms with Crippen LogP contribution in [0.25, 0.3) is 0 Å². The van der Waals surface area contributed by atoms with Crippen molar-refractivity contribution in [2.45, 2.75) is 13.8 Å². The summed E-state index contributed by atoms with van der Waals surface area (Å²) >= 11 is 0. The van der Waals surface area contributed by atoms with Gasteiger partial charge in [-0.2, -0.15) is 5.26 Å². The molecule has 1 atom stereocenters. The highest BCUT2D eigenvalue weighted by molar-refractivity contribution is 5.81. The molecule has 70 valence electrons. The molecule has 0 radical (unpaired) electrons. The Hall–Kier alpha value is -1.48. The van der Waals surface area contributed by atoms with Crippen LogP contribution in [-0.2, 0) is 4.79 Å². The molecule has 1 unspecified atom stereocenters. The van der Waals surface area contributed by atoms with Crippen molar-refractivity contribution in [2.75, 3.05) is 13.6 Å². The summed E-state index contributed by atoms with van der Waals surface area (Å²) < 4.78 is 0. The van der Waals surface area contributed by atoms with Gasteiger partial charge in [0.25, 0.3) is 0 Å². The third-order valence-electron chi connectivity index (χ3n) is 1.78. The predicted octanol–water partition coefficient (Wildman–Crippen LogP) is 0.874. The van der Waals surface area contributed by atoms with Crippen molar-refractivity contribution in [1.82, 2.24) is 4.90 Å². The van der Waals surface area contributed by atoms with Crippen molar-refractivity contribution in [2.24, 2.45) is 11.8 Å². The Morgan fingerprint density at radius 2 is 2.15 bits per heavy atom. The Labute approximate surface area is 79.3 Å². The van der Waals surface area contributed by atoms with E-state index in [1.54, 1.807) is 7.05 Å². The highest BCUT2D eigenvalue weighted by Gasteiger charge is 2.24. The monoisotopic (exact) mass is 178 g/mol. The van der Waals surface area contributed by atoms with E-state index < -0.39 is 5.92 Å². The molecular formula is C10H14N2O. The van der Waals surface area contributed by atoms with E-state index in [0.717, 1.165) is 0 Å². The highest BCUT2D eigenvalue weighted by atomic mass is 16.2. The zero-order valence-electron chi connectivity index (χ0n) is 8.24. The number of hydrogen-bond acceptors (Lipinski definition) is 2. The molecule has 0 aromatic carbocycles. The average Bonchev–Trinajstić information content (AvgIpc) is 2.05. The summed E-state index contributed by atoms with van der Waals surface area (Å²) in [6.07, 6.45) is 5.06. The van der Waals surface area contributed by atoms with Gasteiger partial charge in [0.15, 0.2) is 0 Å². The van der Waals surface area contributed by atoms with Crippen molar-refractivity contribution in [3.8, 4) is 18.4 Å². The molecule has 0 fully saturated rings. The summed E-state index contributed by atoms with van der Waals surface area (Å²) in [5, 5.41) is 8.73. The van der Waals surface area contributed by atoms with Crippen molar-refractivity contribution >= 4 is 5.91 Å². The lowest BCUT2D eigenvalue weighted by atomic mass is 9.96. The topological polar surface area (TPSA) is 44.1 Å². The normalized spacial score (nSPS) is 11.5. The molecule has 0 aromatic rings. The second-order valence-corrected chi connectivity index (χ2v) is 3.25.